The van der Waals surface area contributed by atoms with E-state index < -0.39 is 0 Å². The minimum atomic E-state index is 0.233. The third-order valence-electron chi connectivity index (χ3n) is 3.22. The number of hydrogen-bond donors (Lipinski definition) is 1. The summed E-state index contributed by atoms with van der Waals surface area (Å²) in [5.74, 6) is 2.47. The van der Waals surface area contributed by atoms with E-state index in [4.69, 9.17) is 4.52 Å². The van der Waals surface area contributed by atoms with Crippen LogP contribution in [0.2, 0.25) is 0 Å². The van der Waals surface area contributed by atoms with Crippen LogP contribution in [-0.4, -0.2) is 22.4 Å². The van der Waals surface area contributed by atoms with Crippen LogP contribution in [0.3, 0.4) is 0 Å². The van der Waals surface area contributed by atoms with Crippen LogP contribution in [0.15, 0.2) is 33.7 Å². The van der Waals surface area contributed by atoms with Gasteiger partial charge in [-0.25, -0.2) is 0 Å². The molecule has 0 spiro atoms. The summed E-state index contributed by atoms with van der Waals surface area (Å²) >= 11 is 1.83. The van der Waals surface area contributed by atoms with Gasteiger partial charge in [0, 0.05) is 10.5 Å². The fourth-order valence-electron chi connectivity index (χ4n) is 2.26. The average Bonchev–Trinajstić information content (AvgIpc) is 3.11. The van der Waals surface area contributed by atoms with Crippen molar-refractivity contribution >= 4 is 11.8 Å². The molecular formula is C14H17N3OS. The maximum atomic E-state index is 5.35. The minimum Gasteiger partial charge on any atom is -0.337 e. The second-order valence-corrected chi connectivity index (χ2v) is 5.90. The Labute approximate surface area is 117 Å². The molecule has 0 bridgehead atoms. The molecule has 3 rings (SSSR count). The van der Waals surface area contributed by atoms with Crippen LogP contribution >= 0.6 is 11.8 Å². The first-order valence-corrected chi connectivity index (χ1v) is 7.65. The highest BCUT2D eigenvalue weighted by Crippen LogP contribution is 2.25. The predicted octanol–water partition coefficient (Wildman–Crippen LogP) is 3.27. The molecule has 1 atom stereocenters. The van der Waals surface area contributed by atoms with Crippen molar-refractivity contribution in [3.8, 4) is 11.4 Å². The van der Waals surface area contributed by atoms with Gasteiger partial charge in [0.2, 0.25) is 11.7 Å². The fourth-order valence-corrected chi connectivity index (χ4v) is 2.92. The van der Waals surface area contributed by atoms with Gasteiger partial charge < -0.3 is 9.84 Å². The molecule has 4 nitrogen and oxygen atoms in total. The van der Waals surface area contributed by atoms with Crippen molar-refractivity contribution in [3.05, 3.63) is 30.2 Å². The van der Waals surface area contributed by atoms with E-state index >= 15 is 0 Å². The molecule has 1 fully saturated rings. The quantitative estimate of drug-likeness (QED) is 0.868. The Morgan fingerprint density at radius 3 is 2.89 bits per heavy atom. The molecule has 100 valence electrons. The Bertz CT molecular complexity index is 532. The molecule has 1 aromatic heterocycles. The van der Waals surface area contributed by atoms with E-state index in [0.717, 1.165) is 24.3 Å². The number of rotatable bonds is 4. The summed E-state index contributed by atoms with van der Waals surface area (Å²) in [7, 11) is 0. The first kappa shape index (κ1) is 12.7. The Morgan fingerprint density at radius 2 is 2.21 bits per heavy atom. The topological polar surface area (TPSA) is 51.0 Å². The van der Waals surface area contributed by atoms with Crippen molar-refractivity contribution in [2.24, 2.45) is 0 Å². The van der Waals surface area contributed by atoms with Gasteiger partial charge in [-0.05, 0) is 49.4 Å². The van der Waals surface area contributed by atoms with Crippen molar-refractivity contribution in [3.63, 3.8) is 0 Å². The Balaban J connectivity index is 1.77. The fraction of sp³-hybridized carbons (Fsp3) is 0.429. The van der Waals surface area contributed by atoms with Crippen LogP contribution in [0.25, 0.3) is 11.4 Å². The van der Waals surface area contributed by atoms with Gasteiger partial charge in [0.05, 0.1) is 6.04 Å². The van der Waals surface area contributed by atoms with Gasteiger partial charge in [-0.1, -0.05) is 12.1 Å². The third-order valence-corrected chi connectivity index (χ3v) is 4.12. The van der Waals surface area contributed by atoms with Crippen LogP contribution in [0.5, 0.6) is 0 Å². The Kier molecular flexibility index (Phi) is 3.84. The van der Waals surface area contributed by atoms with Gasteiger partial charge in [-0.15, -0.1) is 11.8 Å². The third kappa shape index (κ3) is 2.82. The SMILES string of the molecule is CCSc1ccc(-c2noc([C@@H]3CCCN3)n2)cc1. The van der Waals surface area contributed by atoms with E-state index in [2.05, 4.69) is 46.6 Å². The van der Waals surface area contributed by atoms with Crippen molar-refractivity contribution in [1.29, 1.82) is 0 Å². The second-order valence-electron chi connectivity index (χ2n) is 4.56. The molecule has 1 aliphatic heterocycles. The monoisotopic (exact) mass is 275 g/mol. The summed E-state index contributed by atoms with van der Waals surface area (Å²) < 4.78 is 5.35. The molecule has 0 saturated carbocycles. The summed E-state index contributed by atoms with van der Waals surface area (Å²) in [4.78, 5) is 5.76. The lowest BCUT2D eigenvalue weighted by molar-refractivity contribution is 0.345. The van der Waals surface area contributed by atoms with Gasteiger partial charge in [0.15, 0.2) is 0 Å². The number of hydrogen-bond acceptors (Lipinski definition) is 5. The van der Waals surface area contributed by atoms with E-state index in [1.54, 1.807) is 0 Å². The lowest BCUT2D eigenvalue weighted by Crippen LogP contribution is -2.12. The minimum absolute atomic E-state index is 0.233. The molecule has 1 aromatic carbocycles. The Hall–Kier alpha value is -1.33. The lowest BCUT2D eigenvalue weighted by atomic mass is 10.2. The smallest absolute Gasteiger partial charge is 0.244 e. The predicted molar refractivity (Wildman–Crippen MR) is 76.1 cm³/mol. The van der Waals surface area contributed by atoms with Gasteiger partial charge >= 0.3 is 0 Å². The van der Waals surface area contributed by atoms with E-state index in [1.807, 2.05) is 11.8 Å². The van der Waals surface area contributed by atoms with Crippen LogP contribution in [-0.2, 0) is 0 Å². The van der Waals surface area contributed by atoms with Gasteiger partial charge in [-0.3, -0.25) is 0 Å². The number of nitrogens with one attached hydrogen (secondary N) is 1. The van der Waals surface area contributed by atoms with E-state index in [9.17, 15) is 0 Å². The summed E-state index contributed by atoms with van der Waals surface area (Å²) in [6.07, 6.45) is 2.25. The van der Waals surface area contributed by atoms with Crippen molar-refractivity contribution < 1.29 is 4.52 Å². The molecule has 1 aliphatic rings. The molecule has 19 heavy (non-hydrogen) atoms. The molecule has 1 N–H and O–H groups in total. The molecule has 0 amide bonds. The molecule has 2 heterocycles. The molecule has 5 heteroatoms. The van der Waals surface area contributed by atoms with Crippen LogP contribution < -0.4 is 5.32 Å². The van der Waals surface area contributed by atoms with Gasteiger partial charge in [-0.2, -0.15) is 4.98 Å². The maximum Gasteiger partial charge on any atom is 0.244 e. The second kappa shape index (κ2) is 5.75. The Morgan fingerprint density at radius 1 is 1.37 bits per heavy atom. The van der Waals surface area contributed by atoms with Gasteiger partial charge in [0.1, 0.15) is 0 Å². The van der Waals surface area contributed by atoms with Crippen LogP contribution in [0.4, 0.5) is 0 Å². The molecule has 0 unspecified atom stereocenters. The number of aromatic nitrogens is 2. The first-order chi connectivity index (χ1) is 9.36. The summed E-state index contributed by atoms with van der Waals surface area (Å²) in [6.45, 7) is 3.18. The molecule has 0 aliphatic carbocycles. The summed E-state index contributed by atoms with van der Waals surface area (Å²) in [6, 6.07) is 8.54. The highest BCUT2D eigenvalue weighted by atomic mass is 32.2. The zero-order valence-corrected chi connectivity index (χ0v) is 11.7. The highest BCUT2D eigenvalue weighted by Gasteiger charge is 2.22. The number of thioether (sulfide) groups is 1. The zero-order valence-electron chi connectivity index (χ0n) is 10.9. The summed E-state index contributed by atoms with van der Waals surface area (Å²) in [5.41, 5.74) is 1.01. The molecule has 1 saturated heterocycles. The summed E-state index contributed by atoms with van der Waals surface area (Å²) in [5, 5.41) is 7.44. The normalized spacial score (nSPS) is 18.9. The van der Waals surface area contributed by atoms with Crippen molar-refractivity contribution in [1.82, 2.24) is 15.5 Å². The van der Waals surface area contributed by atoms with Gasteiger partial charge in [0.25, 0.3) is 0 Å². The molecule has 0 radical (unpaired) electrons. The first-order valence-electron chi connectivity index (χ1n) is 6.67. The van der Waals surface area contributed by atoms with E-state index in [-0.39, 0.29) is 6.04 Å². The largest absolute Gasteiger partial charge is 0.337 e. The average molecular weight is 275 g/mol. The van der Waals surface area contributed by atoms with Crippen LogP contribution in [0, 0.1) is 0 Å². The maximum absolute atomic E-state index is 5.35. The van der Waals surface area contributed by atoms with Crippen molar-refractivity contribution in [2.45, 2.75) is 30.7 Å². The van der Waals surface area contributed by atoms with Crippen LogP contribution in [0.1, 0.15) is 31.7 Å². The lowest BCUT2D eigenvalue weighted by Gasteiger charge is -2.01. The number of nitrogens with zero attached hydrogens (tertiary/aromatic N) is 2. The standard InChI is InChI=1S/C14H17N3OS/c1-2-19-11-7-5-10(6-8-11)13-16-14(18-17-13)12-4-3-9-15-12/h5-8,12,15H,2-4,9H2,1H3/t12-/m0/s1. The van der Waals surface area contributed by atoms with E-state index in [1.165, 1.54) is 11.3 Å². The number of benzene rings is 1. The zero-order chi connectivity index (χ0) is 13.1. The van der Waals surface area contributed by atoms with E-state index in [0.29, 0.717) is 11.7 Å². The highest BCUT2D eigenvalue weighted by molar-refractivity contribution is 7.99. The molecule has 2 aromatic rings. The molecular weight excluding hydrogens is 258 g/mol. The van der Waals surface area contributed by atoms with Crippen molar-refractivity contribution in [2.75, 3.05) is 12.3 Å².